The molecule has 2 aromatic carbocycles. The third-order valence-corrected chi connectivity index (χ3v) is 8.47. The predicted molar refractivity (Wildman–Crippen MR) is 146 cm³/mol. The lowest BCUT2D eigenvalue weighted by atomic mass is 9.70. The first-order valence-electron chi connectivity index (χ1n) is 13.7. The van der Waals surface area contributed by atoms with Gasteiger partial charge in [0.2, 0.25) is 5.91 Å². The number of hydrogen-bond acceptors (Lipinski definition) is 5. The molecule has 1 amide bonds. The number of nitrogens with one attached hydrogen (secondary N) is 2. The van der Waals surface area contributed by atoms with Crippen LogP contribution in [0, 0.1) is 0 Å². The Bertz CT molecular complexity index is 1100. The number of unbranched alkanes of at least 4 members (excludes halogenated alkanes) is 2. The third-order valence-electron chi connectivity index (χ3n) is 8.47. The SMILES string of the molecule is CCCCC1(CCCC)c2cc(NC)ccc2-c2ccc(NC(=O)[C@@H]3CC4(CN3C)OCCO4)cc21. The Balaban J connectivity index is 1.48. The van der Waals surface area contributed by atoms with E-state index in [2.05, 4.69) is 65.8 Å². The number of likely N-dealkylation sites (N-methyl/N-ethyl adjacent to an activating group) is 1. The van der Waals surface area contributed by atoms with Crippen LogP contribution < -0.4 is 10.6 Å². The van der Waals surface area contributed by atoms with Crippen LogP contribution in [0.1, 0.15) is 69.9 Å². The quantitative estimate of drug-likeness (QED) is 0.467. The maximum atomic E-state index is 13.4. The summed E-state index contributed by atoms with van der Waals surface area (Å²) in [6.07, 6.45) is 7.50. The second-order valence-corrected chi connectivity index (χ2v) is 10.8. The van der Waals surface area contributed by atoms with E-state index >= 15 is 0 Å². The molecule has 0 radical (unpaired) electrons. The molecule has 2 fully saturated rings. The Morgan fingerprint density at radius 2 is 1.56 bits per heavy atom. The molecule has 1 atom stereocenters. The summed E-state index contributed by atoms with van der Waals surface area (Å²) in [5, 5.41) is 6.59. The van der Waals surface area contributed by atoms with Crippen molar-refractivity contribution in [2.75, 3.05) is 44.5 Å². The van der Waals surface area contributed by atoms with Crippen molar-refractivity contribution in [3.63, 3.8) is 0 Å². The summed E-state index contributed by atoms with van der Waals surface area (Å²) in [4.78, 5) is 15.5. The van der Waals surface area contributed by atoms with E-state index in [0.29, 0.717) is 26.2 Å². The summed E-state index contributed by atoms with van der Waals surface area (Å²) in [6, 6.07) is 13.1. The predicted octanol–water partition coefficient (Wildman–Crippen LogP) is 5.76. The highest BCUT2D eigenvalue weighted by Gasteiger charge is 2.49. The molecule has 2 heterocycles. The van der Waals surface area contributed by atoms with Gasteiger partial charge in [0.25, 0.3) is 0 Å². The number of benzene rings is 2. The highest BCUT2D eigenvalue weighted by Crippen LogP contribution is 2.55. The molecule has 0 bridgehead atoms. The lowest BCUT2D eigenvalue weighted by molar-refractivity contribution is -0.146. The molecule has 194 valence electrons. The number of rotatable bonds is 9. The summed E-state index contributed by atoms with van der Waals surface area (Å²) >= 11 is 0. The summed E-state index contributed by atoms with van der Waals surface area (Å²) in [7, 11) is 3.96. The molecule has 36 heavy (non-hydrogen) atoms. The molecule has 2 aliphatic heterocycles. The Labute approximate surface area is 215 Å². The van der Waals surface area contributed by atoms with Gasteiger partial charge in [0.05, 0.1) is 25.8 Å². The van der Waals surface area contributed by atoms with Crippen LogP contribution in [-0.4, -0.2) is 56.5 Å². The van der Waals surface area contributed by atoms with Gasteiger partial charge in [-0.05, 0) is 66.4 Å². The lowest BCUT2D eigenvalue weighted by Gasteiger charge is -2.33. The zero-order valence-electron chi connectivity index (χ0n) is 22.3. The minimum absolute atomic E-state index is 0.00845. The Hall–Kier alpha value is -2.41. The molecule has 2 aromatic rings. The van der Waals surface area contributed by atoms with Gasteiger partial charge in [0.15, 0.2) is 5.79 Å². The Morgan fingerprint density at radius 3 is 2.14 bits per heavy atom. The van der Waals surface area contributed by atoms with Crippen LogP contribution >= 0.6 is 0 Å². The van der Waals surface area contributed by atoms with Crippen LogP contribution in [0.15, 0.2) is 36.4 Å². The number of hydrogen-bond donors (Lipinski definition) is 2. The maximum Gasteiger partial charge on any atom is 0.241 e. The average Bonchev–Trinajstić information content (AvgIpc) is 3.56. The van der Waals surface area contributed by atoms with Crippen LogP contribution in [0.25, 0.3) is 11.1 Å². The van der Waals surface area contributed by atoms with Gasteiger partial charge >= 0.3 is 0 Å². The molecular weight excluding hydrogens is 450 g/mol. The van der Waals surface area contributed by atoms with Crippen LogP contribution in [0.5, 0.6) is 0 Å². The molecule has 2 saturated heterocycles. The van der Waals surface area contributed by atoms with E-state index in [4.69, 9.17) is 9.47 Å². The van der Waals surface area contributed by atoms with Gasteiger partial charge in [0.1, 0.15) is 0 Å². The van der Waals surface area contributed by atoms with Crippen molar-refractivity contribution in [3.05, 3.63) is 47.5 Å². The van der Waals surface area contributed by atoms with Crippen molar-refractivity contribution in [1.82, 2.24) is 4.90 Å². The van der Waals surface area contributed by atoms with E-state index in [1.54, 1.807) is 0 Å². The van der Waals surface area contributed by atoms with Crippen molar-refractivity contribution in [2.24, 2.45) is 0 Å². The van der Waals surface area contributed by atoms with E-state index in [1.165, 1.54) is 47.9 Å². The maximum absolute atomic E-state index is 13.4. The molecule has 6 heteroatoms. The van der Waals surface area contributed by atoms with Crippen LogP contribution in [0.3, 0.4) is 0 Å². The van der Waals surface area contributed by atoms with Crippen molar-refractivity contribution in [2.45, 2.75) is 76.0 Å². The second-order valence-electron chi connectivity index (χ2n) is 10.8. The van der Waals surface area contributed by atoms with Gasteiger partial charge in [-0.3, -0.25) is 9.69 Å². The third kappa shape index (κ3) is 4.33. The van der Waals surface area contributed by atoms with Crippen molar-refractivity contribution in [3.8, 4) is 11.1 Å². The standard InChI is InChI=1S/C30H41N3O3/c1-5-7-13-29(14-8-6-2)25-17-21(31-3)9-11-23(25)24-12-10-22(18-26(24)29)32-28(34)27-19-30(20-33(27)4)35-15-16-36-30/h9-12,17-18,27,31H,5-8,13-16,19-20H2,1-4H3,(H,32,34)/t27-/m0/s1. The van der Waals surface area contributed by atoms with Crippen LogP contribution in [0.2, 0.25) is 0 Å². The number of nitrogens with zero attached hydrogens (tertiary/aromatic N) is 1. The van der Waals surface area contributed by atoms with E-state index in [9.17, 15) is 4.79 Å². The Morgan fingerprint density at radius 1 is 0.972 bits per heavy atom. The van der Waals surface area contributed by atoms with Crippen LogP contribution in [0.4, 0.5) is 11.4 Å². The summed E-state index contributed by atoms with van der Waals surface area (Å²) in [6.45, 7) is 6.36. The van der Waals surface area contributed by atoms with Gasteiger partial charge in [-0.2, -0.15) is 0 Å². The number of carbonyl (C=O) groups excluding carboxylic acids is 1. The first-order chi connectivity index (χ1) is 17.4. The Kier molecular flexibility index (Phi) is 7.12. The minimum atomic E-state index is -0.628. The van der Waals surface area contributed by atoms with E-state index in [-0.39, 0.29) is 17.4 Å². The van der Waals surface area contributed by atoms with E-state index < -0.39 is 5.79 Å². The summed E-state index contributed by atoms with van der Waals surface area (Å²) in [5.74, 6) is -0.620. The highest BCUT2D eigenvalue weighted by atomic mass is 16.7. The minimum Gasteiger partial charge on any atom is -0.388 e. The van der Waals surface area contributed by atoms with Crippen molar-refractivity contribution in [1.29, 1.82) is 0 Å². The van der Waals surface area contributed by atoms with Gasteiger partial charge < -0.3 is 20.1 Å². The zero-order chi connectivity index (χ0) is 25.3. The summed E-state index contributed by atoms with van der Waals surface area (Å²) in [5.41, 5.74) is 7.45. The fourth-order valence-electron chi connectivity index (χ4n) is 6.58. The zero-order valence-corrected chi connectivity index (χ0v) is 22.3. The number of ether oxygens (including phenoxy) is 2. The number of amides is 1. The molecule has 0 aromatic heterocycles. The molecule has 0 saturated carbocycles. The monoisotopic (exact) mass is 491 g/mol. The topological polar surface area (TPSA) is 62.8 Å². The van der Waals surface area contributed by atoms with Crippen molar-refractivity contribution >= 4 is 17.3 Å². The van der Waals surface area contributed by atoms with Gasteiger partial charge in [-0.15, -0.1) is 0 Å². The summed E-state index contributed by atoms with van der Waals surface area (Å²) < 4.78 is 11.7. The smallest absolute Gasteiger partial charge is 0.241 e. The molecule has 2 N–H and O–H groups in total. The van der Waals surface area contributed by atoms with E-state index in [0.717, 1.165) is 24.2 Å². The van der Waals surface area contributed by atoms with E-state index in [1.807, 2.05) is 14.1 Å². The number of likely N-dealkylation sites (tertiary alicyclic amines) is 1. The number of carbonyl (C=O) groups is 1. The number of anilines is 2. The lowest BCUT2D eigenvalue weighted by Crippen LogP contribution is -2.37. The largest absolute Gasteiger partial charge is 0.388 e. The molecule has 1 spiro atoms. The second kappa shape index (κ2) is 10.2. The highest BCUT2D eigenvalue weighted by molar-refractivity contribution is 5.96. The normalized spacial score (nSPS) is 21.5. The fraction of sp³-hybridized carbons (Fsp3) is 0.567. The molecular formula is C30H41N3O3. The van der Waals surface area contributed by atoms with Crippen LogP contribution in [-0.2, 0) is 19.7 Å². The number of fused-ring (bicyclic) bond motifs is 3. The molecule has 3 aliphatic rings. The first kappa shape index (κ1) is 25.2. The average molecular weight is 492 g/mol. The molecule has 1 aliphatic carbocycles. The first-order valence-corrected chi connectivity index (χ1v) is 13.7. The van der Waals surface area contributed by atoms with Gasteiger partial charge in [0, 0.05) is 30.3 Å². The molecule has 6 nitrogen and oxygen atoms in total. The van der Waals surface area contributed by atoms with Crippen molar-refractivity contribution < 1.29 is 14.3 Å². The fourth-order valence-corrected chi connectivity index (χ4v) is 6.58. The van der Waals surface area contributed by atoms with Gasteiger partial charge in [-0.1, -0.05) is 51.7 Å². The molecule has 5 rings (SSSR count). The molecule has 0 unspecified atom stereocenters. The van der Waals surface area contributed by atoms with Gasteiger partial charge in [-0.25, -0.2) is 0 Å².